The van der Waals surface area contributed by atoms with Crippen molar-refractivity contribution in [2.24, 2.45) is 0 Å². The standard InChI is InChI=1S/C13H16N2O2S3/c1-14(2)9-4-3-5-10(6-9)15-11-7-20(16,17)8-12(11)19-13(15)18/h3-6,11-12H,7-8H2,1-2H3/t11-,12+/m1/s1. The van der Waals surface area contributed by atoms with E-state index in [-0.39, 0.29) is 22.8 Å². The first-order valence-corrected chi connectivity index (χ1v) is 9.46. The van der Waals surface area contributed by atoms with Gasteiger partial charge >= 0.3 is 0 Å². The van der Waals surface area contributed by atoms with Gasteiger partial charge in [0.05, 0.1) is 17.5 Å². The van der Waals surface area contributed by atoms with Crippen molar-refractivity contribution < 1.29 is 8.42 Å². The number of thiocarbonyl (C=S) groups is 1. The third kappa shape index (κ3) is 2.42. The van der Waals surface area contributed by atoms with Gasteiger partial charge in [-0.05, 0) is 18.2 Å². The molecule has 1 aromatic carbocycles. The molecule has 20 heavy (non-hydrogen) atoms. The summed E-state index contributed by atoms with van der Waals surface area (Å²) in [5.74, 6) is 0.448. The van der Waals surface area contributed by atoms with Gasteiger partial charge in [0.25, 0.3) is 0 Å². The fraction of sp³-hybridized carbons (Fsp3) is 0.462. The Kier molecular flexibility index (Phi) is 3.46. The van der Waals surface area contributed by atoms with Crippen LogP contribution >= 0.6 is 24.0 Å². The quantitative estimate of drug-likeness (QED) is 0.771. The van der Waals surface area contributed by atoms with E-state index in [0.29, 0.717) is 0 Å². The Morgan fingerprint density at radius 3 is 2.80 bits per heavy atom. The first kappa shape index (κ1) is 14.2. The molecule has 7 heteroatoms. The normalized spacial score (nSPS) is 27.7. The van der Waals surface area contributed by atoms with Crippen LogP contribution in [0.3, 0.4) is 0 Å². The molecule has 4 nitrogen and oxygen atoms in total. The first-order valence-electron chi connectivity index (χ1n) is 6.35. The molecule has 0 saturated carbocycles. The van der Waals surface area contributed by atoms with Crippen molar-refractivity contribution in [2.75, 3.05) is 35.4 Å². The number of nitrogens with zero attached hydrogens (tertiary/aromatic N) is 2. The summed E-state index contributed by atoms with van der Waals surface area (Å²) in [7, 11) is 1.04. The van der Waals surface area contributed by atoms with E-state index in [1.807, 2.05) is 42.1 Å². The van der Waals surface area contributed by atoms with Gasteiger partial charge in [-0.25, -0.2) is 8.42 Å². The predicted octanol–water partition coefficient (Wildman–Crippen LogP) is 1.76. The van der Waals surface area contributed by atoms with Crippen LogP contribution in [0.25, 0.3) is 0 Å². The maximum absolute atomic E-state index is 11.8. The van der Waals surface area contributed by atoms with Crippen LogP contribution in [0.4, 0.5) is 11.4 Å². The lowest BCUT2D eigenvalue weighted by Crippen LogP contribution is -2.36. The molecule has 0 aromatic heterocycles. The minimum absolute atomic E-state index is 0.0186. The number of fused-ring (bicyclic) bond motifs is 1. The number of rotatable bonds is 2. The molecular weight excluding hydrogens is 312 g/mol. The van der Waals surface area contributed by atoms with Crippen LogP contribution in [0.15, 0.2) is 24.3 Å². The van der Waals surface area contributed by atoms with Crippen LogP contribution in [0.5, 0.6) is 0 Å². The van der Waals surface area contributed by atoms with Crippen molar-refractivity contribution >= 4 is 49.5 Å². The second-order valence-corrected chi connectivity index (χ2v) is 9.38. The first-order chi connectivity index (χ1) is 9.37. The van der Waals surface area contributed by atoms with Gasteiger partial charge in [0.15, 0.2) is 9.84 Å². The molecule has 3 rings (SSSR count). The zero-order valence-corrected chi connectivity index (χ0v) is 13.8. The van der Waals surface area contributed by atoms with E-state index >= 15 is 0 Å². The van der Waals surface area contributed by atoms with E-state index in [1.165, 1.54) is 11.8 Å². The van der Waals surface area contributed by atoms with Gasteiger partial charge in [0.2, 0.25) is 0 Å². The van der Waals surface area contributed by atoms with Gasteiger partial charge in [0.1, 0.15) is 4.32 Å². The monoisotopic (exact) mass is 328 g/mol. The minimum atomic E-state index is -2.93. The van der Waals surface area contributed by atoms with Crippen LogP contribution in [0, 0.1) is 0 Å². The molecule has 2 aliphatic heterocycles. The number of hydrogen-bond donors (Lipinski definition) is 0. The van der Waals surface area contributed by atoms with Crippen molar-refractivity contribution in [2.45, 2.75) is 11.3 Å². The number of benzene rings is 1. The maximum Gasteiger partial charge on any atom is 0.153 e. The van der Waals surface area contributed by atoms with Crippen molar-refractivity contribution in [3.63, 3.8) is 0 Å². The summed E-state index contributed by atoms with van der Waals surface area (Å²) in [4.78, 5) is 4.04. The largest absolute Gasteiger partial charge is 0.378 e. The van der Waals surface area contributed by atoms with Crippen molar-refractivity contribution in [1.29, 1.82) is 0 Å². The highest BCUT2D eigenvalue weighted by Gasteiger charge is 2.48. The summed E-state index contributed by atoms with van der Waals surface area (Å²) in [5, 5.41) is 0.0792. The summed E-state index contributed by atoms with van der Waals surface area (Å²) >= 11 is 6.96. The summed E-state index contributed by atoms with van der Waals surface area (Å²) < 4.78 is 24.4. The van der Waals surface area contributed by atoms with Crippen molar-refractivity contribution in [3.8, 4) is 0 Å². The highest BCUT2D eigenvalue weighted by molar-refractivity contribution is 8.24. The molecular formula is C13H16N2O2S3. The molecule has 0 bridgehead atoms. The molecule has 0 amide bonds. The Morgan fingerprint density at radius 2 is 2.10 bits per heavy atom. The molecule has 0 N–H and O–H groups in total. The SMILES string of the molecule is CN(C)c1cccc(N2C(=S)S[C@H]3CS(=O)(=O)C[C@H]32)c1. The zero-order chi connectivity index (χ0) is 14.5. The molecule has 2 fully saturated rings. The highest BCUT2D eigenvalue weighted by atomic mass is 32.2. The maximum atomic E-state index is 11.8. The third-order valence-corrected chi connectivity index (χ3v) is 7.27. The lowest BCUT2D eigenvalue weighted by Gasteiger charge is -2.25. The molecule has 1 aromatic rings. The molecule has 2 atom stereocenters. The molecule has 0 unspecified atom stereocenters. The Bertz CT molecular complexity index is 657. The van der Waals surface area contributed by atoms with E-state index < -0.39 is 9.84 Å². The Balaban J connectivity index is 1.97. The fourth-order valence-corrected chi connectivity index (χ4v) is 7.07. The van der Waals surface area contributed by atoms with E-state index in [0.717, 1.165) is 15.7 Å². The predicted molar refractivity (Wildman–Crippen MR) is 89.7 cm³/mol. The molecule has 108 valence electrons. The van der Waals surface area contributed by atoms with Gasteiger partial charge < -0.3 is 9.80 Å². The van der Waals surface area contributed by atoms with Gasteiger partial charge in [-0.3, -0.25) is 0 Å². The van der Waals surface area contributed by atoms with Crippen LogP contribution in [0.1, 0.15) is 0 Å². The van der Waals surface area contributed by atoms with Gasteiger partial charge in [0, 0.05) is 30.7 Å². The average molecular weight is 328 g/mol. The molecule has 0 aliphatic carbocycles. The van der Waals surface area contributed by atoms with Crippen LogP contribution in [-0.4, -0.2) is 49.6 Å². The smallest absolute Gasteiger partial charge is 0.153 e. The van der Waals surface area contributed by atoms with E-state index in [1.54, 1.807) is 0 Å². The Morgan fingerprint density at radius 1 is 1.35 bits per heavy atom. The van der Waals surface area contributed by atoms with Crippen LogP contribution in [0.2, 0.25) is 0 Å². The Labute approximate surface area is 129 Å². The number of anilines is 2. The number of sulfone groups is 1. The van der Waals surface area contributed by atoms with Gasteiger partial charge in [-0.1, -0.05) is 30.0 Å². The molecule has 2 heterocycles. The summed E-state index contributed by atoms with van der Waals surface area (Å²) in [6.45, 7) is 0. The van der Waals surface area contributed by atoms with E-state index in [9.17, 15) is 8.42 Å². The van der Waals surface area contributed by atoms with E-state index in [2.05, 4.69) is 6.07 Å². The Hall–Kier alpha value is -0.790. The second kappa shape index (κ2) is 4.89. The van der Waals surface area contributed by atoms with Gasteiger partial charge in [-0.15, -0.1) is 0 Å². The molecule has 2 aliphatic rings. The summed E-state index contributed by atoms with van der Waals surface area (Å²) in [6.07, 6.45) is 0. The van der Waals surface area contributed by atoms with Crippen LogP contribution in [-0.2, 0) is 9.84 Å². The summed E-state index contributed by atoms with van der Waals surface area (Å²) in [6, 6.07) is 8.04. The summed E-state index contributed by atoms with van der Waals surface area (Å²) in [5.41, 5.74) is 2.07. The number of thioether (sulfide) groups is 1. The van der Waals surface area contributed by atoms with Gasteiger partial charge in [-0.2, -0.15) is 0 Å². The second-order valence-electron chi connectivity index (χ2n) is 5.35. The highest BCUT2D eigenvalue weighted by Crippen LogP contribution is 2.41. The zero-order valence-electron chi connectivity index (χ0n) is 11.3. The van der Waals surface area contributed by atoms with Crippen molar-refractivity contribution in [3.05, 3.63) is 24.3 Å². The van der Waals surface area contributed by atoms with Crippen LogP contribution < -0.4 is 9.80 Å². The molecule has 0 radical (unpaired) electrons. The molecule has 0 spiro atoms. The topological polar surface area (TPSA) is 40.6 Å². The van der Waals surface area contributed by atoms with Crippen molar-refractivity contribution in [1.82, 2.24) is 0 Å². The number of hydrogen-bond acceptors (Lipinski definition) is 5. The minimum Gasteiger partial charge on any atom is -0.378 e. The molecule has 2 saturated heterocycles. The fourth-order valence-electron chi connectivity index (χ4n) is 2.69. The van der Waals surface area contributed by atoms with E-state index in [4.69, 9.17) is 12.2 Å². The lowest BCUT2D eigenvalue weighted by molar-refractivity contribution is 0.601. The lowest BCUT2D eigenvalue weighted by atomic mass is 10.2. The average Bonchev–Trinajstić information content (AvgIpc) is 2.79. The third-order valence-electron chi connectivity index (χ3n) is 3.68.